The van der Waals surface area contributed by atoms with E-state index in [1.165, 1.54) is 6.26 Å². The van der Waals surface area contributed by atoms with Crippen LogP contribution in [0.4, 0.5) is 0 Å². The normalized spacial score (nSPS) is 16.1. The van der Waals surface area contributed by atoms with Crippen LogP contribution < -0.4 is 4.74 Å². The number of aromatic nitrogens is 2. The first-order chi connectivity index (χ1) is 13.0. The van der Waals surface area contributed by atoms with Crippen molar-refractivity contribution in [2.24, 2.45) is 5.11 Å². The second-order valence-electron chi connectivity index (χ2n) is 7.16. The van der Waals surface area contributed by atoms with Gasteiger partial charge in [-0.2, -0.15) is 0 Å². The Hall–Kier alpha value is -2.09. The Morgan fingerprint density at radius 3 is 2.64 bits per heavy atom. The molecule has 2 aromatic rings. The molecule has 0 saturated heterocycles. The van der Waals surface area contributed by atoms with Gasteiger partial charge in [0.1, 0.15) is 15.0 Å². The van der Waals surface area contributed by atoms with Crippen LogP contribution in [0.15, 0.2) is 23.4 Å². The first-order valence-electron chi connectivity index (χ1n) is 8.88. The Bertz CT molecular complexity index is 1020. The highest BCUT2D eigenvalue weighted by Gasteiger charge is 2.27. The summed E-state index contributed by atoms with van der Waals surface area (Å²) in [7, 11) is -3.17. The van der Waals surface area contributed by atoms with Crippen LogP contribution in [0.1, 0.15) is 46.2 Å². The Kier molecular flexibility index (Phi) is 6.75. The number of pyridine rings is 2. The average molecular weight is 426 g/mol. The van der Waals surface area contributed by atoms with E-state index in [1.54, 1.807) is 39.1 Å². The second kappa shape index (κ2) is 8.51. The van der Waals surface area contributed by atoms with Crippen LogP contribution in [-0.2, 0) is 15.4 Å². The van der Waals surface area contributed by atoms with E-state index in [1.807, 2.05) is 6.92 Å². The van der Waals surface area contributed by atoms with Gasteiger partial charge in [0.15, 0.2) is 0 Å². The zero-order valence-corrected chi connectivity index (χ0v) is 18.1. The van der Waals surface area contributed by atoms with Gasteiger partial charge in [-0.3, -0.25) is 0 Å². The van der Waals surface area contributed by atoms with E-state index in [0.717, 1.165) is 5.39 Å². The topological polar surface area (TPSA) is 118 Å². The van der Waals surface area contributed by atoms with Crippen LogP contribution >= 0.6 is 11.6 Å². The number of hydrogen-bond donors (Lipinski definition) is 0. The van der Waals surface area contributed by atoms with Crippen molar-refractivity contribution in [2.45, 2.75) is 57.4 Å². The van der Waals surface area contributed by atoms with Gasteiger partial charge in [0, 0.05) is 23.8 Å². The smallest absolute Gasteiger partial charge is 0.223 e. The summed E-state index contributed by atoms with van der Waals surface area (Å²) in [4.78, 5) is 11.6. The molecule has 0 unspecified atom stereocenters. The van der Waals surface area contributed by atoms with Crippen LogP contribution in [0.2, 0.25) is 5.15 Å². The van der Waals surface area contributed by atoms with Crippen LogP contribution in [-0.4, -0.2) is 36.0 Å². The summed E-state index contributed by atoms with van der Waals surface area (Å²) in [6.07, 6.45) is 3.21. The molecule has 0 bridgehead atoms. The SMILES string of the molecule is CC[C@@](C)(N=[N+]=[N-])c1cc2cc(Cl)ncc2c(O[C@H](C)C[C@@H](C)S(C)(=O)=O)n1. The highest BCUT2D eigenvalue weighted by Crippen LogP contribution is 2.34. The monoisotopic (exact) mass is 425 g/mol. The maximum Gasteiger partial charge on any atom is 0.223 e. The number of ether oxygens (including phenoxy) is 1. The molecule has 8 nitrogen and oxygen atoms in total. The van der Waals surface area contributed by atoms with Crippen LogP contribution in [0.25, 0.3) is 21.2 Å². The molecule has 10 heteroatoms. The molecule has 2 rings (SSSR count). The van der Waals surface area contributed by atoms with E-state index in [2.05, 4.69) is 20.0 Å². The maximum absolute atomic E-state index is 11.7. The fourth-order valence-corrected chi connectivity index (χ4v) is 3.53. The van der Waals surface area contributed by atoms with Crippen molar-refractivity contribution in [3.63, 3.8) is 0 Å². The molecule has 0 aromatic carbocycles. The quantitative estimate of drug-likeness (QED) is 0.260. The summed E-state index contributed by atoms with van der Waals surface area (Å²) in [5.74, 6) is 0.303. The number of halogens is 1. The lowest BCUT2D eigenvalue weighted by molar-refractivity contribution is 0.203. The summed E-state index contributed by atoms with van der Waals surface area (Å²) >= 11 is 6.04. The zero-order chi connectivity index (χ0) is 21.1. The van der Waals surface area contributed by atoms with Gasteiger partial charge in [-0.1, -0.05) is 23.6 Å². The predicted molar refractivity (Wildman–Crippen MR) is 110 cm³/mol. The Balaban J connectivity index is 2.53. The van der Waals surface area contributed by atoms with Gasteiger partial charge in [0.2, 0.25) is 5.88 Å². The highest BCUT2D eigenvalue weighted by molar-refractivity contribution is 7.91. The molecule has 0 saturated carbocycles. The van der Waals surface area contributed by atoms with Crippen molar-refractivity contribution < 1.29 is 13.2 Å². The Morgan fingerprint density at radius 2 is 2.07 bits per heavy atom. The summed E-state index contributed by atoms with van der Waals surface area (Å²) in [5, 5.41) is 5.07. The Labute approximate surface area is 169 Å². The van der Waals surface area contributed by atoms with Crippen molar-refractivity contribution in [2.75, 3.05) is 6.26 Å². The van der Waals surface area contributed by atoms with Gasteiger partial charge in [-0.25, -0.2) is 18.4 Å². The van der Waals surface area contributed by atoms with Gasteiger partial charge < -0.3 is 4.74 Å². The molecule has 0 aliphatic carbocycles. The first-order valence-corrected chi connectivity index (χ1v) is 11.2. The van der Waals surface area contributed by atoms with Crippen LogP contribution in [0.5, 0.6) is 5.88 Å². The van der Waals surface area contributed by atoms with E-state index in [4.69, 9.17) is 21.9 Å². The number of nitrogens with zero attached hydrogens (tertiary/aromatic N) is 5. The summed E-state index contributed by atoms with van der Waals surface area (Å²) < 4.78 is 29.4. The summed E-state index contributed by atoms with van der Waals surface area (Å²) in [6.45, 7) is 7.13. The lowest BCUT2D eigenvalue weighted by atomic mass is 9.94. The van der Waals surface area contributed by atoms with Gasteiger partial charge in [-0.15, -0.1) is 0 Å². The van der Waals surface area contributed by atoms with Crippen molar-refractivity contribution >= 4 is 32.2 Å². The Morgan fingerprint density at radius 1 is 1.39 bits per heavy atom. The van der Waals surface area contributed by atoms with E-state index in [9.17, 15) is 8.42 Å². The molecule has 0 spiro atoms. The number of rotatable bonds is 8. The summed E-state index contributed by atoms with van der Waals surface area (Å²) in [5.41, 5.74) is 8.63. The molecule has 2 heterocycles. The molecule has 0 fully saturated rings. The molecule has 28 heavy (non-hydrogen) atoms. The third-order valence-corrected chi connectivity index (χ3v) is 6.72. The molecule has 0 amide bonds. The third-order valence-electron chi connectivity index (χ3n) is 4.86. The molecule has 0 aliphatic heterocycles. The number of azide groups is 1. The summed E-state index contributed by atoms with van der Waals surface area (Å²) in [6, 6.07) is 3.49. The fourth-order valence-electron chi connectivity index (χ4n) is 2.74. The van der Waals surface area contributed by atoms with E-state index in [0.29, 0.717) is 35.0 Å². The fraction of sp³-hybridized carbons (Fsp3) is 0.556. The minimum Gasteiger partial charge on any atom is -0.474 e. The molecule has 0 aliphatic rings. The molecule has 2 aromatic heterocycles. The van der Waals surface area contributed by atoms with Gasteiger partial charge in [0.25, 0.3) is 0 Å². The van der Waals surface area contributed by atoms with Crippen molar-refractivity contribution in [1.82, 2.24) is 9.97 Å². The van der Waals surface area contributed by atoms with E-state index in [-0.39, 0.29) is 0 Å². The van der Waals surface area contributed by atoms with Gasteiger partial charge >= 0.3 is 0 Å². The number of fused-ring (bicyclic) bond motifs is 1. The number of hydrogen-bond acceptors (Lipinski definition) is 6. The lowest BCUT2D eigenvalue weighted by Crippen LogP contribution is -2.25. The van der Waals surface area contributed by atoms with E-state index >= 15 is 0 Å². The van der Waals surface area contributed by atoms with Crippen molar-refractivity contribution in [1.29, 1.82) is 0 Å². The predicted octanol–water partition coefficient (Wildman–Crippen LogP) is 4.81. The molecule has 3 atom stereocenters. The zero-order valence-electron chi connectivity index (χ0n) is 16.5. The largest absolute Gasteiger partial charge is 0.474 e. The standard InChI is InChI=1S/C18H24ClN5O3S/c1-6-18(4,23-24-20)15-8-13-9-16(19)21-10-14(13)17(22-15)27-11(2)7-12(3)28(5,25)26/h8-12H,6-7H2,1-5H3/t11-,12-,18-/m1/s1. The second-order valence-corrected chi connectivity index (χ2v) is 10.0. The molecule has 152 valence electrons. The number of sulfone groups is 1. The minimum atomic E-state index is -3.17. The minimum absolute atomic E-state index is 0.303. The third kappa shape index (κ3) is 5.04. The van der Waals surface area contributed by atoms with Gasteiger partial charge in [0.05, 0.1) is 28.0 Å². The molecule has 0 radical (unpaired) electrons. The molecular formula is C18H24ClN5O3S. The van der Waals surface area contributed by atoms with Gasteiger partial charge in [-0.05, 0) is 50.2 Å². The molecular weight excluding hydrogens is 402 g/mol. The van der Waals surface area contributed by atoms with Crippen LogP contribution in [0, 0.1) is 0 Å². The van der Waals surface area contributed by atoms with Crippen molar-refractivity contribution in [3.05, 3.63) is 39.6 Å². The lowest BCUT2D eigenvalue weighted by Gasteiger charge is -2.24. The van der Waals surface area contributed by atoms with Crippen LogP contribution in [0.3, 0.4) is 0 Å². The van der Waals surface area contributed by atoms with E-state index < -0.39 is 26.7 Å². The average Bonchev–Trinajstić information content (AvgIpc) is 2.60. The highest BCUT2D eigenvalue weighted by atomic mass is 35.5. The van der Waals surface area contributed by atoms with Crippen molar-refractivity contribution in [3.8, 4) is 5.88 Å². The molecule has 0 N–H and O–H groups in total. The maximum atomic E-state index is 11.7. The first kappa shape index (κ1) is 22.2.